The lowest BCUT2D eigenvalue weighted by atomic mass is 10.2. The van der Waals surface area contributed by atoms with Gasteiger partial charge in [0.2, 0.25) is 5.12 Å². The smallest absolute Gasteiger partial charge is 0.329 e. The Bertz CT molecular complexity index is 392. The highest BCUT2D eigenvalue weighted by Gasteiger charge is 2.40. The molecule has 0 aliphatic heterocycles. The molecule has 0 amide bonds. The van der Waals surface area contributed by atoms with Crippen molar-refractivity contribution in [1.82, 2.24) is 0 Å². The Morgan fingerprint density at radius 1 is 1.29 bits per heavy atom. The predicted octanol–water partition coefficient (Wildman–Crippen LogP) is 2.13. The van der Waals surface area contributed by atoms with Crippen LogP contribution in [0.5, 0.6) is 0 Å². The molecule has 17 heavy (non-hydrogen) atoms. The highest BCUT2D eigenvalue weighted by Crippen LogP contribution is 2.26. The lowest BCUT2D eigenvalue weighted by molar-refractivity contribution is -0.141. The van der Waals surface area contributed by atoms with Crippen molar-refractivity contribution in [1.29, 1.82) is 0 Å². The number of carbonyl (C=O) groups is 2. The van der Waals surface area contributed by atoms with Gasteiger partial charge in [-0.05, 0) is 5.56 Å². The Kier molecular flexibility index (Phi) is 5.42. The van der Waals surface area contributed by atoms with Crippen molar-refractivity contribution in [3.05, 3.63) is 35.9 Å². The molecule has 1 atom stereocenters. The molecule has 1 unspecified atom stereocenters. The lowest BCUT2D eigenvalue weighted by Gasteiger charge is -2.18. The average molecular weight is 288 g/mol. The van der Waals surface area contributed by atoms with E-state index in [1.165, 1.54) is 11.8 Å². The molecule has 0 saturated heterocycles. The summed E-state index contributed by atoms with van der Waals surface area (Å²) in [7, 11) is 0. The molecule has 92 valence electrons. The van der Waals surface area contributed by atoms with Gasteiger partial charge in [0.1, 0.15) is 0 Å². The summed E-state index contributed by atoms with van der Waals surface area (Å²) in [4.78, 5) is 22.1. The summed E-state index contributed by atoms with van der Waals surface area (Å²) in [5, 5.41) is 8.20. The molecule has 1 rings (SSSR count). The largest absolute Gasteiger partial charge is 0.480 e. The topological polar surface area (TPSA) is 54.4 Å². The third-order valence-corrected chi connectivity index (χ3v) is 4.63. The van der Waals surface area contributed by atoms with Gasteiger partial charge in [0.25, 0.3) is 0 Å². The maximum absolute atomic E-state index is 11.1. The van der Waals surface area contributed by atoms with Crippen molar-refractivity contribution in [2.75, 3.05) is 5.75 Å². The van der Waals surface area contributed by atoms with E-state index < -0.39 is 15.8 Å². The van der Waals surface area contributed by atoms with Gasteiger partial charge in [-0.25, -0.2) is 0 Å². The van der Waals surface area contributed by atoms with Gasteiger partial charge in [0.05, 0.1) is 0 Å². The van der Waals surface area contributed by atoms with E-state index in [9.17, 15) is 9.59 Å². The lowest BCUT2D eigenvalue weighted by Crippen LogP contribution is -2.41. The first-order chi connectivity index (χ1) is 7.97. The molecule has 0 bridgehead atoms. The third kappa shape index (κ3) is 3.97. The van der Waals surface area contributed by atoms with Crippen molar-refractivity contribution in [3.63, 3.8) is 0 Å². The number of carboxylic acid groups (broad SMARTS) is 1. The summed E-state index contributed by atoms with van der Waals surface area (Å²) in [6, 6.07) is 9.61. The molecular formula is C11H12O3S3. The van der Waals surface area contributed by atoms with Gasteiger partial charge in [-0.15, -0.1) is 12.6 Å². The van der Waals surface area contributed by atoms with Crippen LogP contribution in [0.25, 0.3) is 0 Å². The molecule has 0 saturated carbocycles. The number of thioether (sulfide) groups is 1. The van der Waals surface area contributed by atoms with E-state index >= 15 is 0 Å². The Hall–Kier alpha value is -0.590. The third-order valence-electron chi connectivity index (χ3n) is 2.13. The number of benzene rings is 1. The van der Waals surface area contributed by atoms with Crippen molar-refractivity contribution >= 4 is 48.1 Å². The van der Waals surface area contributed by atoms with Gasteiger partial charge in [0.15, 0.2) is 4.75 Å². The molecule has 0 fully saturated rings. The van der Waals surface area contributed by atoms with Gasteiger partial charge in [0, 0.05) is 11.5 Å². The van der Waals surface area contributed by atoms with E-state index in [-0.39, 0.29) is 5.75 Å². The summed E-state index contributed by atoms with van der Waals surface area (Å²) < 4.78 is -1.72. The van der Waals surface area contributed by atoms with Crippen LogP contribution >= 0.6 is 37.0 Å². The molecule has 0 radical (unpaired) electrons. The van der Waals surface area contributed by atoms with E-state index in [0.29, 0.717) is 5.75 Å². The number of carboxylic acids is 1. The highest BCUT2D eigenvalue weighted by atomic mass is 32.2. The van der Waals surface area contributed by atoms with Crippen LogP contribution in [0.4, 0.5) is 0 Å². The number of carbonyl (C=O) groups excluding carboxylic acids is 1. The Morgan fingerprint density at radius 2 is 1.88 bits per heavy atom. The van der Waals surface area contributed by atoms with Crippen LogP contribution in [-0.2, 0) is 15.3 Å². The van der Waals surface area contributed by atoms with Crippen LogP contribution in [0.3, 0.4) is 0 Å². The Labute approximate surface area is 115 Å². The van der Waals surface area contributed by atoms with Gasteiger partial charge < -0.3 is 5.11 Å². The fraction of sp³-hybridized carbons (Fsp3) is 0.273. The van der Waals surface area contributed by atoms with E-state index in [1.807, 2.05) is 30.3 Å². The van der Waals surface area contributed by atoms with Crippen LogP contribution in [-0.4, -0.2) is 26.7 Å². The Morgan fingerprint density at radius 3 is 2.35 bits per heavy atom. The molecule has 0 aliphatic rings. The van der Waals surface area contributed by atoms with E-state index in [4.69, 9.17) is 5.11 Å². The van der Waals surface area contributed by atoms with Crippen molar-refractivity contribution in [2.24, 2.45) is 0 Å². The normalized spacial score (nSPS) is 14.0. The molecule has 3 nitrogen and oxygen atoms in total. The predicted molar refractivity (Wildman–Crippen MR) is 75.9 cm³/mol. The fourth-order valence-electron chi connectivity index (χ4n) is 1.11. The molecule has 0 spiro atoms. The van der Waals surface area contributed by atoms with Crippen LogP contribution in [0.2, 0.25) is 0 Å². The fourth-order valence-corrected chi connectivity index (χ4v) is 2.74. The Balaban J connectivity index is 2.55. The van der Waals surface area contributed by atoms with Crippen LogP contribution in [0.1, 0.15) is 5.56 Å². The molecule has 1 N–H and O–H groups in total. The van der Waals surface area contributed by atoms with Crippen molar-refractivity contribution < 1.29 is 14.7 Å². The molecule has 1 aromatic rings. The molecule has 0 aliphatic carbocycles. The monoisotopic (exact) mass is 288 g/mol. The minimum atomic E-state index is -1.72. The van der Waals surface area contributed by atoms with Crippen molar-refractivity contribution in [2.45, 2.75) is 10.5 Å². The van der Waals surface area contributed by atoms with Crippen LogP contribution < -0.4 is 0 Å². The first-order valence-electron chi connectivity index (χ1n) is 4.77. The maximum Gasteiger partial charge on any atom is 0.329 e. The van der Waals surface area contributed by atoms with Crippen LogP contribution in [0, 0.1) is 0 Å². The quantitative estimate of drug-likeness (QED) is 0.554. The molecule has 6 heteroatoms. The molecule has 0 aromatic heterocycles. The van der Waals surface area contributed by atoms with Gasteiger partial charge in [-0.1, -0.05) is 30.3 Å². The van der Waals surface area contributed by atoms with E-state index in [1.54, 1.807) is 0 Å². The summed E-state index contributed by atoms with van der Waals surface area (Å²) in [5.74, 6) is -0.540. The number of thiol groups is 2. The van der Waals surface area contributed by atoms with E-state index in [2.05, 4.69) is 25.3 Å². The van der Waals surface area contributed by atoms with Gasteiger partial charge in [-0.2, -0.15) is 24.4 Å². The maximum atomic E-state index is 11.1. The van der Waals surface area contributed by atoms with Gasteiger partial charge >= 0.3 is 5.97 Å². The summed E-state index contributed by atoms with van der Waals surface area (Å²) in [5.41, 5.74) is 1.07. The summed E-state index contributed by atoms with van der Waals surface area (Å²) in [6.07, 6.45) is 0. The minimum absolute atomic E-state index is 0.0860. The SMILES string of the molecule is O=C(O)C(S)(CSCc1ccccc1)C(=O)S. The number of hydrogen-bond acceptors (Lipinski definition) is 4. The standard InChI is InChI=1S/C11H12O3S3/c12-9(13)11(16,10(14)15)7-17-6-8-4-2-1-3-5-8/h1-5,16H,6-7H2,(H,12,13)(H,14,15). The number of hydrogen-bond donors (Lipinski definition) is 3. The highest BCUT2D eigenvalue weighted by molar-refractivity contribution is 8.02. The molecular weight excluding hydrogens is 276 g/mol. The minimum Gasteiger partial charge on any atom is -0.480 e. The first-order valence-corrected chi connectivity index (χ1v) is 6.82. The average Bonchev–Trinajstić information content (AvgIpc) is 2.29. The van der Waals surface area contributed by atoms with Crippen molar-refractivity contribution in [3.8, 4) is 0 Å². The zero-order valence-corrected chi connectivity index (χ0v) is 11.5. The zero-order chi connectivity index (χ0) is 12.9. The zero-order valence-electron chi connectivity index (χ0n) is 8.87. The summed E-state index contributed by atoms with van der Waals surface area (Å²) >= 11 is 8.82. The number of aliphatic carboxylic acids is 1. The summed E-state index contributed by atoms with van der Waals surface area (Å²) in [6.45, 7) is 0. The number of rotatable bonds is 6. The van der Waals surface area contributed by atoms with Crippen LogP contribution in [0.15, 0.2) is 30.3 Å². The second kappa shape index (κ2) is 6.37. The van der Waals surface area contributed by atoms with E-state index in [0.717, 1.165) is 5.56 Å². The first kappa shape index (κ1) is 14.5. The van der Waals surface area contributed by atoms with Gasteiger partial charge in [-0.3, -0.25) is 9.59 Å². The second-order valence-corrected chi connectivity index (χ2v) is 5.60. The second-order valence-electron chi connectivity index (χ2n) is 3.45. The molecule has 1 aromatic carbocycles. The molecule has 0 heterocycles.